The van der Waals surface area contributed by atoms with Crippen LogP contribution >= 0.6 is 0 Å². The number of anilines is 2. The first-order valence-corrected chi connectivity index (χ1v) is 6.17. The highest BCUT2D eigenvalue weighted by atomic mass is 15.1. The van der Waals surface area contributed by atoms with Crippen molar-refractivity contribution in [2.45, 2.75) is 32.6 Å². The fourth-order valence-corrected chi connectivity index (χ4v) is 2.17. The van der Waals surface area contributed by atoms with E-state index in [2.05, 4.69) is 22.5 Å². The summed E-state index contributed by atoms with van der Waals surface area (Å²) in [4.78, 5) is 4.46. The average Bonchev–Trinajstić information content (AvgIpc) is 3.08. The molecule has 88 valence electrons. The molecule has 0 saturated heterocycles. The molecule has 3 heteroatoms. The van der Waals surface area contributed by atoms with Gasteiger partial charge in [-0.3, -0.25) is 0 Å². The summed E-state index contributed by atoms with van der Waals surface area (Å²) in [6, 6.07) is 6.04. The smallest absolute Gasteiger partial charge is 0.128 e. The molecular weight excluding hydrogens is 198 g/mol. The van der Waals surface area contributed by atoms with E-state index in [1.165, 1.54) is 25.7 Å². The molecule has 16 heavy (non-hydrogen) atoms. The lowest BCUT2D eigenvalue weighted by Gasteiger charge is -2.15. The van der Waals surface area contributed by atoms with Gasteiger partial charge in [-0.2, -0.15) is 0 Å². The largest absolute Gasteiger partial charge is 0.373 e. The van der Waals surface area contributed by atoms with Gasteiger partial charge in [0.15, 0.2) is 0 Å². The highest BCUT2D eigenvalue weighted by molar-refractivity contribution is 5.44. The molecule has 0 aliphatic heterocycles. The number of hydrogen-bond acceptors (Lipinski definition) is 3. The van der Waals surface area contributed by atoms with E-state index in [-0.39, 0.29) is 0 Å². The molecule has 0 bridgehead atoms. The molecule has 0 spiro atoms. The van der Waals surface area contributed by atoms with E-state index in [1.54, 1.807) is 0 Å². The zero-order valence-corrected chi connectivity index (χ0v) is 10.2. The van der Waals surface area contributed by atoms with Crippen LogP contribution in [0.2, 0.25) is 0 Å². The second-order valence-electron chi connectivity index (χ2n) is 4.76. The van der Waals surface area contributed by atoms with Crippen LogP contribution in [-0.4, -0.2) is 18.6 Å². The van der Waals surface area contributed by atoms with Gasteiger partial charge in [-0.15, -0.1) is 0 Å². The van der Waals surface area contributed by atoms with Crippen LogP contribution in [0.15, 0.2) is 18.2 Å². The van der Waals surface area contributed by atoms with Crippen LogP contribution in [0.5, 0.6) is 0 Å². The highest BCUT2D eigenvalue weighted by Gasteiger charge is 2.41. The monoisotopic (exact) mass is 219 g/mol. The van der Waals surface area contributed by atoms with Gasteiger partial charge in [-0.25, -0.2) is 4.98 Å². The van der Waals surface area contributed by atoms with E-state index in [1.807, 2.05) is 25.2 Å². The molecule has 1 saturated carbocycles. The third-order valence-electron chi connectivity index (χ3n) is 3.39. The van der Waals surface area contributed by atoms with E-state index in [9.17, 15) is 0 Å². The Hall–Kier alpha value is -1.25. The van der Waals surface area contributed by atoms with Crippen molar-refractivity contribution in [3.63, 3.8) is 0 Å². The minimum absolute atomic E-state index is 0.575. The lowest BCUT2D eigenvalue weighted by molar-refractivity contribution is 0.485. The lowest BCUT2D eigenvalue weighted by atomic mass is 10.0. The summed E-state index contributed by atoms with van der Waals surface area (Å²) >= 11 is 0. The van der Waals surface area contributed by atoms with Crippen molar-refractivity contribution in [3.05, 3.63) is 18.2 Å². The Labute approximate surface area is 97.7 Å². The minimum Gasteiger partial charge on any atom is -0.373 e. The lowest BCUT2D eigenvalue weighted by Crippen LogP contribution is -2.16. The normalized spacial score (nSPS) is 16.9. The molecule has 1 aromatic heterocycles. The van der Waals surface area contributed by atoms with Crippen molar-refractivity contribution in [2.75, 3.05) is 24.2 Å². The number of nitrogens with zero attached hydrogens (tertiary/aromatic N) is 1. The van der Waals surface area contributed by atoms with Gasteiger partial charge >= 0.3 is 0 Å². The molecule has 0 unspecified atom stereocenters. The number of hydrogen-bond donors (Lipinski definition) is 2. The maximum absolute atomic E-state index is 4.46. The van der Waals surface area contributed by atoms with Crippen molar-refractivity contribution in [2.24, 2.45) is 5.41 Å². The van der Waals surface area contributed by atoms with Crippen LogP contribution in [0.4, 0.5) is 11.6 Å². The minimum atomic E-state index is 0.575. The van der Waals surface area contributed by atoms with E-state index in [0.717, 1.165) is 18.2 Å². The van der Waals surface area contributed by atoms with Crippen molar-refractivity contribution in [1.29, 1.82) is 0 Å². The summed E-state index contributed by atoms with van der Waals surface area (Å²) in [6.07, 6.45) is 5.37. The predicted molar refractivity (Wildman–Crippen MR) is 68.8 cm³/mol. The van der Waals surface area contributed by atoms with Crippen LogP contribution in [0.3, 0.4) is 0 Å². The van der Waals surface area contributed by atoms with Crippen molar-refractivity contribution in [3.8, 4) is 0 Å². The van der Waals surface area contributed by atoms with E-state index >= 15 is 0 Å². The van der Waals surface area contributed by atoms with Crippen molar-refractivity contribution < 1.29 is 0 Å². The SMILES string of the molecule is CCCC1(CNc2cccc(NC)n2)CC1. The molecule has 2 N–H and O–H groups in total. The Bertz CT molecular complexity index is 345. The van der Waals surface area contributed by atoms with Crippen molar-refractivity contribution >= 4 is 11.6 Å². The third-order valence-corrected chi connectivity index (χ3v) is 3.39. The topological polar surface area (TPSA) is 37.0 Å². The van der Waals surface area contributed by atoms with Crippen molar-refractivity contribution in [1.82, 2.24) is 4.98 Å². The molecule has 1 aromatic rings. The molecule has 1 aliphatic rings. The van der Waals surface area contributed by atoms with Gasteiger partial charge in [0.25, 0.3) is 0 Å². The molecule has 1 fully saturated rings. The predicted octanol–water partition coefficient (Wildman–Crippen LogP) is 3.12. The van der Waals surface area contributed by atoms with Gasteiger partial charge in [-0.05, 0) is 36.8 Å². The molecular formula is C13H21N3. The summed E-state index contributed by atoms with van der Waals surface area (Å²) in [5.41, 5.74) is 0.575. The Morgan fingerprint density at radius 1 is 1.31 bits per heavy atom. The van der Waals surface area contributed by atoms with Gasteiger partial charge < -0.3 is 10.6 Å². The first-order valence-electron chi connectivity index (χ1n) is 6.17. The maximum atomic E-state index is 4.46. The van der Waals surface area contributed by atoms with Crippen LogP contribution in [-0.2, 0) is 0 Å². The third kappa shape index (κ3) is 2.65. The van der Waals surface area contributed by atoms with E-state index < -0.39 is 0 Å². The molecule has 2 rings (SSSR count). The number of nitrogens with one attached hydrogen (secondary N) is 2. The van der Waals surface area contributed by atoms with Crippen LogP contribution < -0.4 is 10.6 Å². The molecule has 3 nitrogen and oxygen atoms in total. The van der Waals surface area contributed by atoms with Crippen LogP contribution in [0.1, 0.15) is 32.6 Å². The maximum Gasteiger partial charge on any atom is 0.128 e. The number of pyridine rings is 1. The fraction of sp³-hybridized carbons (Fsp3) is 0.615. The van der Waals surface area contributed by atoms with E-state index in [0.29, 0.717) is 5.41 Å². The fourth-order valence-electron chi connectivity index (χ4n) is 2.17. The van der Waals surface area contributed by atoms with Crippen LogP contribution in [0.25, 0.3) is 0 Å². The summed E-state index contributed by atoms with van der Waals surface area (Å²) < 4.78 is 0. The molecule has 0 aromatic carbocycles. The molecule has 0 radical (unpaired) electrons. The Morgan fingerprint density at radius 2 is 2.06 bits per heavy atom. The highest BCUT2D eigenvalue weighted by Crippen LogP contribution is 2.49. The summed E-state index contributed by atoms with van der Waals surface area (Å²) in [5.74, 6) is 1.90. The number of aromatic nitrogens is 1. The standard InChI is InChI=1S/C13H21N3/c1-3-7-13(8-9-13)10-15-12-6-4-5-11(14-2)16-12/h4-6H,3,7-10H2,1-2H3,(H2,14,15,16). The average molecular weight is 219 g/mol. The van der Waals surface area contributed by atoms with Gasteiger partial charge in [0.1, 0.15) is 11.6 Å². The second-order valence-corrected chi connectivity index (χ2v) is 4.76. The summed E-state index contributed by atoms with van der Waals surface area (Å²) in [6.45, 7) is 3.33. The van der Waals surface area contributed by atoms with Gasteiger partial charge in [0.05, 0.1) is 0 Å². The molecule has 1 heterocycles. The summed E-state index contributed by atoms with van der Waals surface area (Å²) in [5, 5.41) is 6.51. The van der Waals surface area contributed by atoms with Crippen LogP contribution in [0, 0.1) is 5.41 Å². The second kappa shape index (κ2) is 4.73. The summed E-state index contributed by atoms with van der Waals surface area (Å²) in [7, 11) is 1.89. The number of rotatable bonds is 6. The van der Waals surface area contributed by atoms with Gasteiger partial charge in [-0.1, -0.05) is 19.4 Å². The zero-order valence-electron chi connectivity index (χ0n) is 10.2. The first kappa shape index (κ1) is 11.2. The molecule has 0 amide bonds. The van der Waals surface area contributed by atoms with Gasteiger partial charge in [0, 0.05) is 13.6 Å². The zero-order chi connectivity index (χ0) is 11.4. The Balaban J connectivity index is 1.89. The quantitative estimate of drug-likeness (QED) is 0.772. The van der Waals surface area contributed by atoms with Gasteiger partial charge in [0.2, 0.25) is 0 Å². The molecule has 1 aliphatic carbocycles. The van der Waals surface area contributed by atoms with E-state index in [4.69, 9.17) is 0 Å². The first-order chi connectivity index (χ1) is 7.78. The Kier molecular flexibility index (Phi) is 3.32. The molecule has 0 atom stereocenters. The Morgan fingerprint density at radius 3 is 2.69 bits per heavy atom.